The maximum atomic E-state index is 3.58. The fourth-order valence-electron chi connectivity index (χ4n) is 3.29. The van der Waals surface area contributed by atoms with Gasteiger partial charge in [0.1, 0.15) is 0 Å². The number of hydrogen-bond donors (Lipinski definition) is 1. The Morgan fingerprint density at radius 1 is 1.17 bits per heavy atom. The summed E-state index contributed by atoms with van der Waals surface area (Å²) in [7, 11) is 0. The molecule has 2 unspecified atom stereocenters. The van der Waals surface area contributed by atoms with Crippen LogP contribution in [0.3, 0.4) is 0 Å². The van der Waals surface area contributed by atoms with Gasteiger partial charge >= 0.3 is 0 Å². The topological polar surface area (TPSA) is 15.3 Å². The zero-order valence-electron chi connectivity index (χ0n) is 13.3. The fraction of sp³-hybridized carbons (Fsp3) is 1.00. The van der Waals surface area contributed by atoms with Crippen LogP contribution in [0.4, 0.5) is 0 Å². The first-order valence-electron chi connectivity index (χ1n) is 8.01. The van der Waals surface area contributed by atoms with Gasteiger partial charge in [-0.15, -0.1) is 0 Å². The van der Waals surface area contributed by atoms with Crippen molar-refractivity contribution in [2.45, 2.75) is 66.3 Å². The molecule has 2 nitrogen and oxygen atoms in total. The Labute approximate surface area is 115 Å². The summed E-state index contributed by atoms with van der Waals surface area (Å²) >= 11 is 0. The Hall–Kier alpha value is -0.0800. The number of piperidine rings is 1. The average molecular weight is 254 g/mol. The van der Waals surface area contributed by atoms with Gasteiger partial charge in [-0.3, -0.25) is 0 Å². The standard InChI is InChI=1S/C16H34N2/c1-6-16(7-2,12-17-8-3)13-18-10-9-14(4)11-15(18)5/h14-15,17H,6-13H2,1-5H3. The SMILES string of the molecule is CCNCC(CC)(CC)CN1CCC(C)CC1C. The minimum atomic E-state index is 0.477. The lowest BCUT2D eigenvalue weighted by molar-refractivity contribution is 0.0647. The van der Waals surface area contributed by atoms with Gasteiger partial charge in [0.15, 0.2) is 0 Å². The summed E-state index contributed by atoms with van der Waals surface area (Å²) < 4.78 is 0. The molecule has 0 amide bonds. The Kier molecular flexibility index (Phi) is 6.65. The van der Waals surface area contributed by atoms with E-state index in [0.29, 0.717) is 5.41 Å². The molecule has 1 rings (SSSR count). The van der Waals surface area contributed by atoms with Crippen LogP contribution in [-0.4, -0.2) is 37.1 Å². The molecule has 1 saturated heterocycles. The van der Waals surface area contributed by atoms with Gasteiger partial charge in [0.25, 0.3) is 0 Å². The molecule has 18 heavy (non-hydrogen) atoms. The normalized spacial score (nSPS) is 26.5. The lowest BCUT2D eigenvalue weighted by atomic mass is 9.80. The van der Waals surface area contributed by atoms with E-state index >= 15 is 0 Å². The van der Waals surface area contributed by atoms with Gasteiger partial charge in [-0.05, 0) is 57.0 Å². The summed E-state index contributed by atoms with van der Waals surface area (Å²) in [5.74, 6) is 0.919. The highest BCUT2D eigenvalue weighted by Gasteiger charge is 2.32. The van der Waals surface area contributed by atoms with Crippen LogP contribution in [-0.2, 0) is 0 Å². The van der Waals surface area contributed by atoms with Crippen LogP contribution in [0.2, 0.25) is 0 Å². The second-order valence-electron chi connectivity index (χ2n) is 6.44. The molecule has 0 saturated carbocycles. The summed E-state index contributed by atoms with van der Waals surface area (Å²) in [4.78, 5) is 2.74. The largest absolute Gasteiger partial charge is 0.316 e. The van der Waals surface area contributed by atoms with E-state index in [1.807, 2.05) is 0 Å². The quantitative estimate of drug-likeness (QED) is 0.748. The molecule has 0 aromatic heterocycles. The van der Waals surface area contributed by atoms with Crippen LogP contribution in [0.15, 0.2) is 0 Å². The number of nitrogens with zero attached hydrogens (tertiary/aromatic N) is 1. The molecule has 0 bridgehead atoms. The van der Waals surface area contributed by atoms with Gasteiger partial charge in [0.05, 0.1) is 0 Å². The molecule has 2 heteroatoms. The molecule has 0 aliphatic carbocycles. The van der Waals surface area contributed by atoms with E-state index in [4.69, 9.17) is 0 Å². The molecule has 0 radical (unpaired) electrons. The molecule has 108 valence electrons. The monoisotopic (exact) mass is 254 g/mol. The maximum Gasteiger partial charge on any atom is 0.00697 e. The van der Waals surface area contributed by atoms with Crippen molar-refractivity contribution in [3.8, 4) is 0 Å². The molecule has 1 heterocycles. The maximum absolute atomic E-state index is 3.58. The van der Waals surface area contributed by atoms with Gasteiger partial charge < -0.3 is 10.2 Å². The van der Waals surface area contributed by atoms with E-state index in [1.165, 1.54) is 45.3 Å². The zero-order chi connectivity index (χ0) is 13.6. The molecule has 1 N–H and O–H groups in total. The zero-order valence-corrected chi connectivity index (χ0v) is 13.3. The van der Waals surface area contributed by atoms with E-state index in [-0.39, 0.29) is 0 Å². The molecule has 1 aliphatic heterocycles. The smallest absolute Gasteiger partial charge is 0.00697 e. The second kappa shape index (κ2) is 7.49. The molecule has 2 atom stereocenters. The molecule has 1 fully saturated rings. The molecule has 0 spiro atoms. The van der Waals surface area contributed by atoms with E-state index in [9.17, 15) is 0 Å². The Bertz CT molecular complexity index is 223. The lowest BCUT2D eigenvalue weighted by Crippen LogP contribution is -2.49. The van der Waals surface area contributed by atoms with Crippen molar-refractivity contribution in [1.29, 1.82) is 0 Å². The third-order valence-corrected chi connectivity index (χ3v) is 5.06. The first kappa shape index (κ1) is 16.0. The van der Waals surface area contributed by atoms with Crippen molar-refractivity contribution in [1.82, 2.24) is 10.2 Å². The van der Waals surface area contributed by atoms with Gasteiger partial charge in [-0.1, -0.05) is 27.7 Å². The van der Waals surface area contributed by atoms with Gasteiger partial charge in [-0.2, -0.15) is 0 Å². The molecule has 0 aromatic carbocycles. The van der Waals surface area contributed by atoms with E-state index in [0.717, 1.165) is 18.5 Å². The number of likely N-dealkylation sites (tertiary alicyclic amines) is 1. The summed E-state index contributed by atoms with van der Waals surface area (Å²) in [6.45, 7) is 16.6. The third-order valence-electron chi connectivity index (χ3n) is 5.06. The Balaban J connectivity index is 2.59. The highest BCUT2D eigenvalue weighted by atomic mass is 15.2. The van der Waals surface area contributed by atoms with Crippen LogP contribution >= 0.6 is 0 Å². The van der Waals surface area contributed by atoms with Crippen LogP contribution in [0.5, 0.6) is 0 Å². The predicted octanol–water partition coefficient (Wildman–Crippen LogP) is 3.52. The summed E-state index contributed by atoms with van der Waals surface area (Å²) in [5.41, 5.74) is 0.477. The fourth-order valence-corrected chi connectivity index (χ4v) is 3.29. The van der Waals surface area contributed by atoms with E-state index < -0.39 is 0 Å². The Morgan fingerprint density at radius 3 is 2.33 bits per heavy atom. The van der Waals surface area contributed by atoms with Crippen molar-refractivity contribution in [3.63, 3.8) is 0 Å². The van der Waals surface area contributed by atoms with Crippen LogP contribution in [0.1, 0.15) is 60.3 Å². The van der Waals surface area contributed by atoms with Crippen LogP contribution < -0.4 is 5.32 Å². The van der Waals surface area contributed by atoms with Crippen molar-refractivity contribution < 1.29 is 0 Å². The highest BCUT2D eigenvalue weighted by molar-refractivity contribution is 4.87. The summed E-state index contributed by atoms with van der Waals surface area (Å²) in [6, 6.07) is 0.771. The minimum absolute atomic E-state index is 0.477. The van der Waals surface area contributed by atoms with E-state index in [2.05, 4.69) is 44.8 Å². The third kappa shape index (κ3) is 4.24. The first-order valence-corrected chi connectivity index (χ1v) is 8.01. The van der Waals surface area contributed by atoms with Crippen molar-refractivity contribution in [2.75, 3.05) is 26.2 Å². The van der Waals surface area contributed by atoms with Gasteiger partial charge in [0, 0.05) is 19.1 Å². The second-order valence-corrected chi connectivity index (χ2v) is 6.44. The number of nitrogens with one attached hydrogen (secondary N) is 1. The summed E-state index contributed by atoms with van der Waals surface area (Å²) in [6.07, 6.45) is 5.34. The van der Waals surface area contributed by atoms with Crippen molar-refractivity contribution in [3.05, 3.63) is 0 Å². The van der Waals surface area contributed by atoms with Gasteiger partial charge in [-0.25, -0.2) is 0 Å². The highest BCUT2D eigenvalue weighted by Crippen LogP contribution is 2.31. The lowest BCUT2D eigenvalue weighted by Gasteiger charge is -2.43. The average Bonchev–Trinajstić information content (AvgIpc) is 2.37. The van der Waals surface area contributed by atoms with E-state index in [1.54, 1.807) is 0 Å². The summed E-state index contributed by atoms with van der Waals surface area (Å²) in [5, 5.41) is 3.58. The molecule has 1 aliphatic rings. The van der Waals surface area contributed by atoms with Crippen molar-refractivity contribution >= 4 is 0 Å². The Morgan fingerprint density at radius 2 is 1.83 bits per heavy atom. The van der Waals surface area contributed by atoms with Crippen LogP contribution in [0, 0.1) is 11.3 Å². The molecular formula is C16H34N2. The predicted molar refractivity (Wildman–Crippen MR) is 81.0 cm³/mol. The molecule has 0 aromatic rings. The van der Waals surface area contributed by atoms with Crippen molar-refractivity contribution in [2.24, 2.45) is 11.3 Å². The first-order chi connectivity index (χ1) is 8.56. The minimum Gasteiger partial charge on any atom is -0.316 e. The molecular weight excluding hydrogens is 220 g/mol. The van der Waals surface area contributed by atoms with Crippen LogP contribution in [0.25, 0.3) is 0 Å². The van der Waals surface area contributed by atoms with Gasteiger partial charge in [0.2, 0.25) is 0 Å². The number of hydrogen-bond acceptors (Lipinski definition) is 2. The number of rotatable bonds is 7.